The largest absolute Gasteiger partial charge is 0.459 e. The summed E-state index contributed by atoms with van der Waals surface area (Å²) in [5.41, 5.74) is 4.21. The Morgan fingerprint density at radius 3 is 2.91 bits per heavy atom. The molecule has 1 saturated carbocycles. The Bertz CT molecular complexity index is 1170. The van der Waals surface area contributed by atoms with Crippen LogP contribution in [0.2, 0.25) is 0 Å². The minimum atomic E-state index is -0.0686. The second-order valence-electron chi connectivity index (χ2n) is 9.14. The molecule has 3 heterocycles. The van der Waals surface area contributed by atoms with Gasteiger partial charge >= 0.3 is 0 Å². The maximum Gasteiger partial charge on any atom is 0.246 e. The van der Waals surface area contributed by atoms with Gasteiger partial charge in [0, 0.05) is 54.5 Å². The number of anilines is 1. The summed E-state index contributed by atoms with van der Waals surface area (Å²) in [4.78, 5) is 19.0. The Labute approximate surface area is 188 Å². The quantitative estimate of drug-likeness (QED) is 0.591. The van der Waals surface area contributed by atoms with E-state index >= 15 is 0 Å². The van der Waals surface area contributed by atoms with E-state index in [1.165, 1.54) is 25.7 Å². The molecular weight excluding hydrogens is 400 g/mol. The van der Waals surface area contributed by atoms with Crippen molar-refractivity contribution in [2.75, 3.05) is 18.9 Å². The molecule has 32 heavy (non-hydrogen) atoms. The highest BCUT2D eigenvalue weighted by Gasteiger charge is 2.35. The monoisotopic (exact) mass is 430 g/mol. The van der Waals surface area contributed by atoms with Crippen molar-refractivity contribution < 1.29 is 9.21 Å². The molecule has 2 N–H and O–H groups in total. The van der Waals surface area contributed by atoms with Crippen LogP contribution in [0.4, 0.5) is 5.82 Å². The van der Waals surface area contributed by atoms with Crippen LogP contribution in [0.5, 0.6) is 0 Å². The van der Waals surface area contributed by atoms with Crippen molar-refractivity contribution >= 4 is 28.8 Å². The normalized spacial score (nSPS) is 17.4. The molecule has 0 atom stereocenters. The summed E-state index contributed by atoms with van der Waals surface area (Å²) in [5.74, 6) is 1.70. The van der Waals surface area contributed by atoms with Crippen LogP contribution in [0.3, 0.4) is 0 Å². The number of hydrogen-bond acceptors (Lipinski definition) is 5. The van der Waals surface area contributed by atoms with Gasteiger partial charge in [-0.1, -0.05) is 31.0 Å². The highest BCUT2D eigenvalue weighted by molar-refractivity contribution is 5.91. The number of carbonyl (C=O) groups is 1. The molecule has 0 saturated heterocycles. The Morgan fingerprint density at radius 1 is 1.28 bits per heavy atom. The number of nitrogens with zero attached hydrogens (tertiary/aromatic N) is 2. The summed E-state index contributed by atoms with van der Waals surface area (Å²) in [6.45, 7) is 4.19. The summed E-state index contributed by atoms with van der Waals surface area (Å²) < 4.78 is 5.95. The zero-order valence-electron chi connectivity index (χ0n) is 18.8. The van der Waals surface area contributed by atoms with Gasteiger partial charge in [0.2, 0.25) is 5.91 Å². The second-order valence-corrected chi connectivity index (χ2v) is 9.14. The van der Waals surface area contributed by atoms with E-state index in [0.717, 1.165) is 52.3 Å². The molecule has 6 nitrogen and oxygen atoms in total. The number of likely N-dealkylation sites (N-methyl/N-ethyl adjacent to an activating group) is 1. The fourth-order valence-electron chi connectivity index (χ4n) is 4.88. The van der Waals surface area contributed by atoms with Crippen LogP contribution in [0.25, 0.3) is 17.0 Å². The van der Waals surface area contributed by atoms with Gasteiger partial charge in [-0.05, 0) is 43.5 Å². The molecule has 0 radical (unpaired) electrons. The number of pyridine rings is 1. The number of furan rings is 1. The van der Waals surface area contributed by atoms with E-state index in [-0.39, 0.29) is 11.4 Å². The first-order chi connectivity index (χ1) is 15.5. The lowest BCUT2D eigenvalue weighted by molar-refractivity contribution is -0.125. The van der Waals surface area contributed by atoms with Crippen LogP contribution >= 0.6 is 0 Å². The van der Waals surface area contributed by atoms with Crippen molar-refractivity contribution in [2.45, 2.75) is 51.2 Å². The average molecular weight is 431 g/mol. The molecule has 2 aliphatic rings. The number of amides is 1. The van der Waals surface area contributed by atoms with Crippen molar-refractivity contribution in [3.63, 3.8) is 0 Å². The van der Waals surface area contributed by atoms with Gasteiger partial charge in [-0.15, -0.1) is 0 Å². The van der Waals surface area contributed by atoms with E-state index < -0.39 is 0 Å². The first kappa shape index (κ1) is 20.8. The zero-order valence-corrected chi connectivity index (χ0v) is 18.8. The van der Waals surface area contributed by atoms with Crippen LogP contribution in [-0.4, -0.2) is 34.9 Å². The van der Waals surface area contributed by atoms with E-state index in [9.17, 15) is 4.79 Å². The first-order valence-electron chi connectivity index (χ1n) is 11.4. The third-order valence-electron chi connectivity index (χ3n) is 6.91. The number of carbonyl (C=O) groups excluding carboxylic acids is 1. The van der Waals surface area contributed by atoms with Gasteiger partial charge in [-0.25, -0.2) is 4.98 Å². The highest BCUT2D eigenvalue weighted by atomic mass is 16.3. The molecular formula is C26H30N4O2. The molecule has 166 valence electrons. The minimum Gasteiger partial charge on any atom is -0.459 e. The molecule has 2 aromatic heterocycles. The number of benzene rings is 1. The Kier molecular flexibility index (Phi) is 5.47. The Balaban J connectivity index is 1.25. The molecule has 0 unspecified atom stereocenters. The molecule has 1 amide bonds. The summed E-state index contributed by atoms with van der Waals surface area (Å²) in [6.07, 6.45) is 10.3. The number of aromatic nitrogens is 1. The Morgan fingerprint density at radius 2 is 2.09 bits per heavy atom. The molecule has 3 aromatic rings. The fourth-order valence-corrected chi connectivity index (χ4v) is 4.88. The van der Waals surface area contributed by atoms with Gasteiger partial charge in [-0.2, -0.15) is 0 Å². The standard InChI is InChI=1S/C26H30N4O2/c1-18-21-7-3-4-8-22(21)32-23(18)16-30(2)24(31)10-9-19-13-20-15-29-26(11-5-6-12-26)17-28-25(20)27-14-19/h3-4,7-10,13-14,29H,5-6,11-12,15-17H2,1-2H3,(H,27,28)/b10-9+. The smallest absolute Gasteiger partial charge is 0.246 e. The predicted octanol–water partition coefficient (Wildman–Crippen LogP) is 4.64. The van der Waals surface area contributed by atoms with E-state index in [4.69, 9.17) is 4.42 Å². The van der Waals surface area contributed by atoms with Gasteiger partial charge in [-0.3, -0.25) is 4.79 Å². The van der Waals surface area contributed by atoms with E-state index in [2.05, 4.69) is 21.7 Å². The molecule has 0 bridgehead atoms. The van der Waals surface area contributed by atoms with Gasteiger partial charge in [0.15, 0.2) is 0 Å². The SMILES string of the molecule is Cc1c(CN(C)C(=O)/C=C/c2cnc3c(c2)CNC2(CCCC2)CN3)oc2ccccc12. The Hall–Kier alpha value is -3.12. The third-order valence-corrected chi connectivity index (χ3v) is 6.91. The van der Waals surface area contributed by atoms with Crippen molar-refractivity contribution in [2.24, 2.45) is 0 Å². The van der Waals surface area contributed by atoms with Crippen LogP contribution in [0, 0.1) is 6.92 Å². The molecule has 1 aliphatic heterocycles. The van der Waals surface area contributed by atoms with Gasteiger partial charge in [0.25, 0.3) is 0 Å². The number of fused-ring (bicyclic) bond motifs is 2. The van der Waals surface area contributed by atoms with Crippen molar-refractivity contribution in [1.82, 2.24) is 15.2 Å². The summed E-state index contributed by atoms with van der Waals surface area (Å²) in [7, 11) is 1.80. The van der Waals surface area contributed by atoms with E-state index in [1.54, 1.807) is 18.0 Å². The van der Waals surface area contributed by atoms with Crippen molar-refractivity contribution in [3.05, 3.63) is 65.1 Å². The zero-order chi connectivity index (χ0) is 22.1. The minimum absolute atomic E-state index is 0.0686. The summed E-state index contributed by atoms with van der Waals surface area (Å²) >= 11 is 0. The fraction of sp³-hybridized carbons (Fsp3) is 0.385. The summed E-state index contributed by atoms with van der Waals surface area (Å²) in [5, 5.41) is 8.38. The van der Waals surface area contributed by atoms with Gasteiger partial charge < -0.3 is 20.0 Å². The average Bonchev–Trinajstić information content (AvgIpc) is 3.34. The maximum absolute atomic E-state index is 12.7. The van der Waals surface area contributed by atoms with Gasteiger partial charge in [0.1, 0.15) is 17.2 Å². The summed E-state index contributed by atoms with van der Waals surface area (Å²) in [6, 6.07) is 10.1. The molecule has 1 fully saturated rings. The number of hydrogen-bond donors (Lipinski definition) is 2. The third kappa shape index (κ3) is 4.02. The highest BCUT2D eigenvalue weighted by Crippen LogP contribution is 2.33. The van der Waals surface area contributed by atoms with Crippen molar-refractivity contribution in [3.8, 4) is 0 Å². The van der Waals surface area contributed by atoms with Crippen molar-refractivity contribution in [1.29, 1.82) is 0 Å². The molecule has 5 rings (SSSR count). The van der Waals surface area contributed by atoms with Gasteiger partial charge in [0.05, 0.1) is 6.54 Å². The van der Waals surface area contributed by atoms with Crippen LogP contribution < -0.4 is 10.6 Å². The van der Waals surface area contributed by atoms with E-state index in [0.29, 0.717) is 6.54 Å². The molecule has 1 aliphatic carbocycles. The molecule has 6 heteroatoms. The number of aryl methyl sites for hydroxylation is 1. The van der Waals surface area contributed by atoms with Crippen LogP contribution in [0.15, 0.2) is 47.0 Å². The lowest BCUT2D eigenvalue weighted by Crippen LogP contribution is -2.46. The molecule has 1 spiro atoms. The topological polar surface area (TPSA) is 70.4 Å². The lowest BCUT2D eigenvalue weighted by Gasteiger charge is -2.28. The number of rotatable bonds is 4. The predicted molar refractivity (Wildman–Crippen MR) is 127 cm³/mol. The maximum atomic E-state index is 12.7. The number of para-hydroxylation sites is 1. The number of nitrogens with one attached hydrogen (secondary N) is 2. The van der Waals surface area contributed by atoms with Crippen LogP contribution in [-0.2, 0) is 17.9 Å². The van der Waals surface area contributed by atoms with E-state index in [1.807, 2.05) is 43.5 Å². The lowest BCUT2D eigenvalue weighted by atomic mass is 9.98. The first-order valence-corrected chi connectivity index (χ1v) is 11.4. The second kappa shape index (κ2) is 8.43. The molecule has 1 aromatic carbocycles. The van der Waals surface area contributed by atoms with Crippen LogP contribution in [0.1, 0.15) is 48.1 Å².